The van der Waals surface area contributed by atoms with E-state index in [0.29, 0.717) is 6.42 Å². The van der Waals surface area contributed by atoms with E-state index in [2.05, 4.69) is 17.2 Å². The molecule has 2 fully saturated rings. The van der Waals surface area contributed by atoms with Crippen LogP contribution in [0, 0.1) is 0 Å². The van der Waals surface area contributed by atoms with Gasteiger partial charge in [0.25, 0.3) is 7.82 Å². The number of hydrogen-bond donors (Lipinski definition) is 8. The number of aliphatic hydroxyl groups excluding tert-OH is 6. The normalized spacial score (nSPS) is 35.7. The summed E-state index contributed by atoms with van der Waals surface area (Å²) in [6.45, 7) is 1.46. The predicted molar refractivity (Wildman–Crippen MR) is 152 cm³/mol. The SMILES string of the molecule is CCCCCCCCCCCCCCCC(=O)O[C@@H]1C(O)C(O)[C@H](O)[C@@H](O[C@@H]2OC(CO)[C@H](O)[C@H](O)C2[NH3+])C1OP(=O)([O-])O. The molecule has 10 N–H and O–H groups in total. The monoisotopic (exact) mass is 659 g/mol. The molecule has 0 amide bonds. The third-order valence-electron chi connectivity index (χ3n) is 8.33. The van der Waals surface area contributed by atoms with Crippen LogP contribution in [0.1, 0.15) is 96.8 Å². The second-order valence-corrected chi connectivity index (χ2v) is 13.1. The van der Waals surface area contributed by atoms with Crippen molar-refractivity contribution in [3.63, 3.8) is 0 Å². The quantitative estimate of drug-likeness (QED) is 0.0432. The Morgan fingerprint density at radius 1 is 0.773 bits per heavy atom. The third-order valence-corrected chi connectivity index (χ3v) is 8.84. The first-order valence-electron chi connectivity index (χ1n) is 15.9. The van der Waals surface area contributed by atoms with Gasteiger partial charge >= 0.3 is 5.97 Å². The summed E-state index contributed by atoms with van der Waals surface area (Å²) < 4.78 is 32.7. The van der Waals surface area contributed by atoms with Crippen LogP contribution in [0.5, 0.6) is 0 Å². The number of phosphoric acid groups is 1. The number of quaternary nitrogens is 1. The van der Waals surface area contributed by atoms with E-state index in [4.69, 9.17) is 14.2 Å². The number of rotatable bonds is 20. The molecule has 1 aliphatic heterocycles. The molecule has 2 rings (SSSR count). The minimum atomic E-state index is -5.60. The molecule has 1 aliphatic carbocycles. The first-order valence-corrected chi connectivity index (χ1v) is 17.4. The average molecular weight is 660 g/mol. The zero-order valence-corrected chi connectivity index (χ0v) is 26.5. The van der Waals surface area contributed by atoms with E-state index >= 15 is 0 Å². The highest BCUT2D eigenvalue weighted by Gasteiger charge is 2.56. The minimum absolute atomic E-state index is 0.0824. The van der Waals surface area contributed by atoms with Crippen LogP contribution in [-0.4, -0.2) is 115 Å². The van der Waals surface area contributed by atoms with E-state index in [9.17, 15) is 49.8 Å². The summed E-state index contributed by atoms with van der Waals surface area (Å²) in [5.41, 5.74) is 3.63. The molecule has 0 bridgehead atoms. The van der Waals surface area contributed by atoms with E-state index in [1.165, 1.54) is 51.4 Å². The van der Waals surface area contributed by atoms with Crippen LogP contribution in [0.2, 0.25) is 0 Å². The predicted octanol–water partition coefficient (Wildman–Crippen LogP) is -1.24. The molecule has 0 aromatic rings. The van der Waals surface area contributed by atoms with Gasteiger partial charge < -0.3 is 64.9 Å². The Hall–Kier alpha value is -0.780. The Balaban J connectivity index is 1.92. The highest BCUT2D eigenvalue weighted by atomic mass is 31.2. The zero-order valence-electron chi connectivity index (χ0n) is 25.6. The number of hydrogen-bond acceptors (Lipinski definition) is 13. The summed E-state index contributed by atoms with van der Waals surface area (Å²) in [6.07, 6.45) is -3.81. The van der Waals surface area contributed by atoms with Crippen molar-refractivity contribution in [3.05, 3.63) is 0 Å². The van der Waals surface area contributed by atoms with Gasteiger partial charge in [-0.1, -0.05) is 84.0 Å². The van der Waals surface area contributed by atoms with Crippen molar-refractivity contribution in [2.24, 2.45) is 0 Å². The molecule has 0 spiro atoms. The van der Waals surface area contributed by atoms with E-state index in [1.54, 1.807) is 0 Å². The number of aliphatic hydroxyl groups is 6. The van der Waals surface area contributed by atoms with E-state index < -0.39 is 87.7 Å². The Bertz CT molecular complexity index is 862. The molecule has 15 nitrogen and oxygen atoms in total. The summed E-state index contributed by atoms with van der Waals surface area (Å²) in [5, 5.41) is 61.5. The van der Waals surface area contributed by atoms with Crippen molar-refractivity contribution in [1.82, 2.24) is 0 Å². The Kier molecular flexibility index (Phi) is 17.7. The maximum Gasteiger partial charge on any atom is 0.306 e. The van der Waals surface area contributed by atoms with Gasteiger partial charge in [-0.2, -0.15) is 0 Å². The van der Waals surface area contributed by atoms with E-state index in [0.717, 1.165) is 25.7 Å². The van der Waals surface area contributed by atoms with Gasteiger partial charge in [-0.05, 0) is 6.42 Å². The number of esters is 1. The Morgan fingerprint density at radius 2 is 1.27 bits per heavy atom. The number of carbonyl (C=O) groups excluding carboxylic acids is 1. The molecule has 44 heavy (non-hydrogen) atoms. The van der Waals surface area contributed by atoms with Crippen LogP contribution in [0.4, 0.5) is 0 Å². The lowest BCUT2D eigenvalue weighted by Crippen LogP contribution is -2.79. The van der Waals surface area contributed by atoms with Crippen LogP contribution >= 0.6 is 7.82 Å². The van der Waals surface area contributed by atoms with E-state index in [-0.39, 0.29) is 6.42 Å². The molecule has 1 saturated heterocycles. The standard InChI is InChI=1S/C28H54NO14P/c1-2-3-4-5-6-7-8-9-10-11-12-13-14-15-18(31)41-25-23(35)22(34)24(36)26(27(25)43-44(37,38)39)42-28-19(29)21(33)20(32)17(16-30)40-28/h17,19-28,30,32-36H,2-16,29H2,1H3,(H2,37,38,39)/t17?,19?,20-,21+,22?,23?,24-,25+,26+,27?,28-/m0/s1. The molecule has 16 heteroatoms. The molecule has 0 radical (unpaired) electrons. The van der Waals surface area contributed by atoms with Gasteiger partial charge in [0.05, 0.1) is 6.61 Å². The first-order chi connectivity index (χ1) is 20.8. The minimum Gasteiger partial charge on any atom is -0.756 e. The van der Waals surface area contributed by atoms with Crippen molar-refractivity contribution in [2.75, 3.05) is 6.61 Å². The van der Waals surface area contributed by atoms with Gasteiger partial charge in [0, 0.05) is 6.42 Å². The summed E-state index contributed by atoms with van der Waals surface area (Å²) >= 11 is 0. The summed E-state index contributed by atoms with van der Waals surface area (Å²) in [5.74, 6) is -0.838. The number of carbonyl (C=O) groups is 1. The lowest BCUT2D eigenvalue weighted by atomic mass is 9.84. The van der Waals surface area contributed by atoms with Crippen molar-refractivity contribution >= 4 is 13.8 Å². The summed E-state index contributed by atoms with van der Waals surface area (Å²) in [7, 11) is -5.60. The topological polar surface area (TPSA) is 263 Å². The lowest BCUT2D eigenvalue weighted by molar-refractivity contribution is -0.506. The molecule has 0 aromatic heterocycles. The maximum atomic E-state index is 12.7. The molecule has 6 unspecified atom stereocenters. The third kappa shape index (κ3) is 12.4. The number of phosphoric ester groups is 1. The Labute approximate surface area is 258 Å². The summed E-state index contributed by atoms with van der Waals surface area (Å²) in [6, 6.07) is -1.24. The van der Waals surface area contributed by atoms with Crippen LogP contribution in [0.25, 0.3) is 0 Å². The Morgan fingerprint density at radius 3 is 1.77 bits per heavy atom. The van der Waals surface area contributed by atoms with Crippen LogP contribution in [0.3, 0.4) is 0 Å². The van der Waals surface area contributed by atoms with Crippen LogP contribution in [0.15, 0.2) is 0 Å². The average Bonchev–Trinajstić information content (AvgIpc) is 2.97. The second-order valence-electron chi connectivity index (χ2n) is 11.9. The molecule has 2 aliphatic rings. The highest BCUT2D eigenvalue weighted by molar-refractivity contribution is 7.44. The highest BCUT2D eigenvalue weighted by Crippen LogP contribution is 2.40. The molecule has 0 aromatic carbocycles. The van der Waals surface area contributed by atoms with Gasteiger partial charge in [-0.15, -0.1) is 0 Å². The smallest absolute Gasteiger partial charge is 0.306 e. The summed E-state index contributed by atoms with van der Waals surface area (Å²) in [4.78, 5) is 33.8. The fourth-order valence-corrected chi connectivity index (χ4v) is 6.21. The fraction of sp³-hybridized carbons (Fsp3) is 0.964. The van der Waals surface area contributed by atoms with Crippen molar-refractivity contribution in [1.29, 1.82) is 0 Å². The lowest BCUT2D eigenvalue weighted by Gasteiger charge is -2.47. The van der Waals surface area contributed by atoms with E-state index in [1.807, 2.05) is 0 Å². The second kappa shape index (κ2) is 19.8. The molecule has 1 heterocycles. The molecular weight excluding hydrogens is 605 g/mol. The fourth-order valence-electron chi connectivity index (χ4n) is 5.66. The van der Waals surface area contributed by atoms with Crippen molar-refractivity contribution < 1.29 is 74.3 Å². The molecule has 12 atom stereocenters. The maximum absolute atomic E-state index is 12.7. The molecular formula is C28H54NO14P. The van der Waals surface area contributed by atoms with Gasteiger partial charge in [0.2, 0.25) is 6.29 Å². The number of ether oxygens (including phenoxy) is 3. The van der Waals surface area contributed by atoms with Crippen LogP contribution < -0.4 is 10.6 Å². The largest absolute Gasteiger partial charge is 0.756 e. The molecule has 1 saturated carbocycles. The van der Waals surface area contributed by atoms with Gasteiger partial charge in [0.15, 0.2) is 12.1 Å². The number of unbranched alkanes of at least 4 members (excludes halogenated alkanes) is 12. The van der Waals surface area contributed by atoms with Crippen molar-refractivity contribution in [2.45, 2.75) is 164 Å². The van der Waals surface area contributed by atoms with Crippen LogP contribution in [-0.2, 0) is 28.1 Å². The van der Waals surface area contributed by atoms with Crippen molar-refractivity contribution in [3.8, 4) is 0 Å². The van der Waals surface area contributed by atoms with Gasteiger partial charge in [-0.3, -0.25) is 9.36 Å². The van der Waals surface area contributed by atoms with Gasteiger partial charge in [0.1, 0.15) is 48.8 Å². The zero-order chi connectivity index (χ0) is 32.9. The van der Waals surface area contributed by atoms with Gasteiger partial charge in [-0.25, -0.2) is 0 Å². The first kappa shape index (κ1) is 39.4. The molecule has 260 valence electrons.